The standard InChI is InChI=1S/C17H18N6O2/c1-25-14-6-3-2-5-13(14)17(24)19-11-10-18-15-7-8-16(22-21-15)23-12-4-9-20-23/h2-9,12H,10-11H2,1H3,(H,18,21)(H,19,24). The van der Waals surface area contributed by atoms with Gasteiger partial charge in [0, 0.05) is 25.5 Å². The van der Waals surface area contributed by atoms with Crippen molar-refractivity contribution in [2.24, 2.45) is 0 Å². The van der Waals surface area contributed by atoms with E-state index in [-0.39, 0.29) is 5.91 Å². The zero-order valence-corrected chi connectivity index (χ0v) is 13.7. The van der Waals surface area contributed by atoms with Crippen LogP contribution in [-0.2, 0) is 0 Å². The third-order valence-corrected chi connectivity index (χ3v) is 3.46. The average Bonchev–Trinajstić information content (AvgIpc) is 3.20. The Morgan fingerprint density at radius 2 is 2.00 bits per heavy atom. The predicted molar refractivity (Wildman–Crippen MR) is 93.0 cm³/mol. The quantitative estimate of drug-likeness (QED) is 0.634. The van der Waals surface area contributed by atoms with Gasteiger partial charge in [-0.25, -0.2) is 4.68 Å². The van der Waals surface area contributed by atoms with Gasteiger partial charge in [0.15, 0.2) is 5.82 Å². The molecule has 8 heteroatoms. The highest BCUT2D eigenvalue weighted by Crippen LogP contribution is 2.16. The molecule has 128 valence electrons. The molecule has 25 heavy (non-hydrogen) atoms. The molecule has 0 fully saturated rings. The molecule has 2 N–H and O–H groups in total. The van der Waals surface area contributed by atoms with Gasteiger partial charge in [-0.1, -0.05) is 12.1 Å². The third-order valence-electron chi connectivity index (χ3n) is 3.46. The van der Waals surface area contributed by atoms with Gasteiger partial charge in [0.2, 0.25) is 0 Å². The lowest BCUT2D eigenvalue weighted by Gasteiger charge is -2.10. The van der Waals surface area contributed by atoms with E-state index in [4.69, 9.17) is 4.74 Å². The molecule has 8 nitrogen and oxygen atoms in total. The summed E-state index contributed by atoms with van der Waals surface area (Å²) >= 11 is 0. The Labute approximate surface area is 144 Å². The van der Waals surface area contributed by atoms with Crippen LogP contribution in [0, 0.1) is 0 Å². The molecule has 1 amide bonds. The number of hydrogen-bond acceptors (Lipinski definition) is 6. The number of rotatable bonds is 7. The van der Waals surface area contributed by atoms with Crippen molar-refractivity contribution in [3.05, 3.63) is 60.4 Å². The Morgan fingerprint density at radius 1 is 1.12 bits per heavy atom. The molecular formula is C17H18N6O2. The summed E-state index contributed by atoms with van der Waals surface area (Å²) in [6.45, 7) is 0.968. The fourth-order valence-electron chi connectivity index (χ4n) is 2.24. The summed E-state index contributed by atoms with van der Waals surface area (Å²) in [5.41, 5.74) is 0.508. The summed E-state index contributed by atoms with van der Waals surface area (Å²) < 4.78 is 6.81. The molecular weight excluding hydrogens is 320 g/mol. The highest BCUT2D eigenvalue weighted by molar-refractivity contribution is 5.96. The highest BCUT2D eigenvalue weighted by Gasteiger charge is 2.10. The van der Waals surface area contributed by atoms with E-state index in [0.29, 0.717) is 36.0 Å². The number of amides is 1. The molecule has 0 radical (unpaired) electrons. The molecule has 0 bridgehead atoms. The summed E-state index contributed by atoms with van der Waals surface area (Å²) in [6, 6.07) is 12.5. The molecule has 0 saturated heterocycles. The summed E-state index contributed by atoms with van der Waals surface area (Å²) in [5.74, 6) is 1.63. The van der Waals surface area contributed by atoms with E-state index in [1.54, 1.807) is 42.4 Å². The number of hydrogen-bond donors (Lipinski definition) is 2. The number of nitrogens with one attached hydrogen (secondary N) is 2. The maximum absolute atomic E-state index is 12.2. The molecule has 0 aliphatic heterocycles. The van der Waals surface area contributed by atoms with Crippen molar-refractivity contribution >= 4 is 11.7 Å². The third kappa shape index (κ3) is 4.11. The van der Waals surface area contributed by atoms with E-state index in [1.165, 1.54) is 0 Å². The summed E-state index contributed by atoms with van der Waals surface area (Å²) in [4.78, 5) is 12.2. The molecule has 0 aliphatic rings. The first-order valence-corrected chi connectivity index (χ1v) is 7.77. The van der Waals surface area contributed by atoms with Crippen molar-refractivity contribution in [2.75, 3.05) is 25.5 Å². The molecule has 3 aromatic rings. The number of anilines is 1. The summed E-state index contributed by atoms with van der Waals surface area (Å²) in [6.07, 6.45) is 3.47. The zero-order chi connectivity index (χ0) is 17.5. The number of benzene rings is 1. The van der Waals surface area contributed by atoms with Gasteiger partial charge in [0.25, 0.3) is 5.91 Å². The van der Waals surface area contributed by atoms with Crippen LogP contribution in [0.3, 0.4) is 0 Å². The van der Waals surface area contributed by atoms with Crippen LogP contribution in [0.5, 0.6) is 5.75 Å². The van der Waals surface area contributed by atoms with Gasteiger partial charge in [0.05, 0.1) is 12.7 Å². The van der Waals surface area contributed by atoms with Crippen molar-refractivity contribution in [1.29, 1.82) is 0 Å². The molecule has 0 saturated carbocycles. The Balaban J connectivity index is 1.47. The number of para-hydroxylation sites is 1. The highest BCUT2D eigenvalue weighted by atomic mass is 16.5. The smallest absolute Gasteiger partial charge is 0.255 e. The fraction of sp³-hybridized carbons (Fsp3) is 0.176. The van der Waals surface area contributed by atoms with Crippen molar-refractivity contribution in [3.63, 3.8) is 0 Å². The molecule has 0 unspecified atom stereocenters. The van der Waals surface area contributed by atoms with Crippen LogP contribution in [0.15, 0.2) is 54.9 Å². The monoisotopic (exact) mass is 338 g/mol. The van der Waals surface area contributed by atoms with Crippen molar-refractivity contribution in [2.45, 2.75) is 0 Å². The van der Waals surface area contributed by atoms with Gasteiger partial charge in [-0.3, -0.25) is 4.79 Å². The van der Waals surface area contributed by atoms with Gasteiger partial charge in [-0.15, -0.1) is 10.2 Å². The van der Waals surface area contributed by atoms with E-state index in [9.17, 15) is 4.79 Å². The van der Waals surface area contributed by atoms with E-state index < -0.39 is 0 Å². The maximum Gasteiger partial charge on any atom is 0.255 e. The SMILES string of the molecule is COc1ccccc1C(=O)NCCNc1ccc(-n2cccn2)nn1. The number of ether oxygens (including phenoxy) is 1. The minimum atomic E-state index is -0.181. The lowest BCUT2D eigenvalue weighted by molar-refractivity contribution is 0.0952. The molecule has 0 aliphatic carbocycles. The Morgan fingerprint density at radius 3 is 2.72 bits per heavy atom. The average molecular weight is 338 g/mol. The summed E-state index contributed by atoms with van der Waals surface area (Å²) in [7, 11) is 1.54. The van der Waals surface area contributed by atoms with Crippen LogP contribution in [0.1, 0.15) is 10.4 Å². The molecule has 2 heterocycles. The lowest BCUT2D eigenvalue weighted by Crippen LogP contribution is -2.29. The minimum absolute atomic E-state index is 0.181. The second kappa shape index (κ2) is 7.91. The number of carbonyl (C=O) groups is 1. The second-order valence-corrected chi connectivity index (χ2v) is 5.11. The predicted octanol–water partition coefficient (Wildman–Crippen LogP) is 1.51. The van der Waals surface area contributed by atoms with Crippen molar-refractivity contribution in [3.8, 4) is 11.6 Å². The van der Waals surface area contributed by atoms with Crippen molar-refractivity contribution < 1.29 is 9.53 Å². The molecule has 0 atom stereocenters. The molecule has 0 spiro atoms. The lowest BCUT2D eigenvalue weighted by atomic mass is 10.2. The largest absolute Gasteiger partial charge is 0.496 e. The van der Waals surface area contributed by atoms with Gasteiger partial charge in [0.1, 0.15) is 11.6 Å². The summed E-state index contributed by atoms with van der Waals surface area (Å²) in [5, 5.41) is 18.2. The Hall–Kier alpha value is -3.42. The topological polar surface area (TPSA) is 94.0 Å². The van der Waals surface area contributed by atoms with Gasteiger partial charge < -0.3 is 15.4 Å². The first-order valence-electron chi connectivity index (χ1n) is 7.77. The zero-order valence-electron chi connectivity index (χ0n) is 13.7. The normalized spacial score (nSPS) is 10.3. The Bertz CT molecular complexity index is 817. The van der Waals surface area contributed by atoms with Crippen LogP contribution >= 0.6 is 0 Å². The molecule has 3 rings (SSSR count). The number of carbonyl (C=O) groups excluding carboxylic acids is 1. The number of aromatic nitrogens is 4. The Kier molecular flexibility index (Phi) is 5.20. The first kappa shape index (κ1) is 16.4. The van der Waals surface area contributed by atoms with Crippen LogP contribution in [0.2, 0.25) is 0 Å². The van der Waals surface area contributed by atoms with E-state index in [1.807, 2.05) is 24.3 Å². The van der Waals surface area contributed by atoms with Crippen molar-refractivity contribution in [1.82, 2.24) is 25.3 Å². The van der Waals surface area contributed by atoms with E-state index in [2.05, 4.69) is 25.9 Å². The fourth-order valence-corrected chi connectivity index (χ4v) is 2.24. The van der Waals surface area contributed by atoms with Crippen LogP contribution in [-0.4, -0.2) is 46.1 Å². The molecule has 1 aromatic carbocycles. The van der Waals surface area contributed by atoms with E-state index >= 15 is 0 Å². The second-order valence-electron chi connectivity index (χ2n) is 5.11. The van der Waals surface area contributed by atoms with Gasteiger partial charge in [-0.2, -0.15) is 5.10 Å². The van der Waals surface area contributed by atoms with Crippen LogP contribution in [0.4, 0.5) is 5.82 Å². The number of nitrogens with zero attached hydrogens (tertiary/aromatic N) is 4. The minimum Gasteiger partial charge on any atom is -0.496 e. The van der Waals surface area contributed by atoms with E-state index in [0.717, 1.165) is 0 Å². The van der Waals surface area contributed by atoms with Gasteiger partial charge in [-0.05, 0) is 30.3 Å². The van der Waals surface area contributed by atoms with Crippen LogP contribution < -0.4 is 15.4 Å². The van der Waals surface area contributed by atoms with Crippen LogP contribution in [0.25, 0.3) is 5.82 Å². The van der Waals surface area contributed by atoms with Gasteiger partial charge >= 0.3 is 0 Å². The molecule has 2 aromatic heterocycles. The first-order chi connectivity index (χ1) is 12.3. The maximum atomic E-state index is 12.2. The number of methoxy groups -OCH3 is 1.